The van der Waals surface area contributed by atoms with E-state index in [4.69, 9.17) is 0 Å². The number of Topliss-reactive ketones (excluding diaryl/α,β-unsaturated/α-hetero) is 1. The summed E-state index contributed by atoms with van der Waals surface area (Å²) in [6.07, 6.45) is 2.54. The molecule has 5 heteroatoms. The predicted molar refractivity (Wildman–Crippen MR) is 57.1 cm³/mol. The maximum atomic E-state index is 11.9. The van der Waals surface area contributed by atoms with Crippen LogP contribution in [0, 0.1) is 0 Å². The van der Waals surface area contributed by atoms with Gasteiger partial charge in [0.15, 0.2) is 4.60 Å². The minimum absolute atomic E-state index is 0.0191. The molecule has 0 N–H and O–H groups in total. The Morgan fingerprint density at radius 3 is 2.64 bits per heavy atom. The monoisotopic (exact) mass is 257 g/mol. The van der Waals surface area contributed by atoms with Crippen LogP contribution < -0.4 is 0 Å². The number of hydrogen-bond donors (Lipinski definition) is 0. The Hall–Kier alpha value is -0.970. The van der Waals surface area contributed by atoms with E-state index in [2.05, 4.69) is 26.2 Å². The lowest BCUT2D eigenvalue weighted by atomic mass is 10.1. The average molecular weight is 258 g/mol. The zero-order chi connectivity index (χ0) is 10.7. The first-order chi connectivity index (χ1) is 6.61. The first-order valence-corrected chi connectivity index (χ1v) is 5.16. The van der Waals surface area contributed by atoms with Crippen molar-refractivity contribution in [3.8, 4) is 0 Å². The highest BCUT2D eigenvalue weighted by Gasteiger charge is 2.18. The number of halogens is 1. The molecule has 0 saturated carbocycles. The molecule has 0 radical (unpaired) electrons. The van der Waals surface area contributed by atoms with Crippen LogP contribution in [0.15, 0.2) is 16.3 Å². The highest BCUT2D eigenvalue weighted by atomic mass is 79.9. The van der Waals surface area contributed by atoms with E-state index in [0.717, 1.165) is 5.57 Å². The normalized spacial score (nSPS) is 11.9. The number of aromatic nitrogens is 3. The summed E-state index contributed by atoms with van der Waals surface area (Å²) in [7, 11) is 1.70. The molecule has 0 saturated heterocycles. The van der Waals surface area contributed by atoms with Gasteiger partial charge >= 0.3 is 0 Å². The smallest absolute Gasteiger partial charge is 0.209 e. The van der Waals surface area contributed by atoms with Gasteiger partial charge in [-0.25, -0.2) is 4.68 Å². The number of ketones is 1. The summed E-state index contributed by atoms with van der Waals surface area (Å²) >= 11 is 3.20. The minimum atomic E-state index is -0.0191. The third-order valence-corrected chi connectivity index (χ3v) is 2.56. The Morgan fingerprint density at radius 1 is 1.64 bits per heavy atom. The van der Waals surface area contributed by atoms with Crippen LogP contribution in [0.3, 0.4) is 0 Å². The molecule has 0 unspecified atom stereocenters. The van der Waals surface area contributed by atoms with Crippen LogP contribution in [0.5, 0.6) is 0 Å². The zero-order valence-corrected chi connectivity index (χ0v) is 10.00. The highest BCUT2D eigenvalue weighted by Crippen LogP contribution is 2.17. The second kappa shape index (κ2) is 4.50. The molecule has 4 nitrogen and oxygen atoms in total. The molecule has 1 aromatic heterocycles. The fraction of sp³-hybridized carbons (Fsp3) is 0.444. The molecule has 0 fully saturated rings. The lowest BCUT2D eigenvalue weighted by Gasteiger charge is -2.02. The van der Waals surface area contributed by atoms with Gasteiger partial charge in [-0.3, -0.25) is 4.79 Å². The lowest BCUT2D eigenvalue weighted by Crippen LogP contribution is -2.09. The summed E-state index contributed by atoms with van der Waals surface area (Å²) in [5.41, 5.74) is 1.27. The molecule has 14 heavy (non-hydrogen) atoms. The fourth-order valence-corrected chi connectivity index (χ4v) is 1.73. The van der Waals surface area contributed by atoms with Gasteiger partial charge in [-0.15, -0.1) is 5.10 Å². The Balaban J connectivity index is 3.12. The first-order valence-electron chi connectivity index (χ1n) is 4.36. The highest BCUT2D eigenvalue weighted by molar-refractivity contribution is 9.10. The Kier molecular flexibility index (Phi) is 3.57. The molecule has 1 aromatic rings. The number of aryl methyl sites for hydroxylation is 1. The predicted octanol–water partition coefficient (Wildman–Crippen LogP) is 2.12. The van der Waals surface area contributed by atoms with Crippen LogP contribution in [0.25, 0.3) is 0 Å². The van der Waals surface area contributed by atoms with Crippen LogP contribution in [0.1, 0.15) is 30.8 Å². The molecule has 1 heterocycles. The van der Waals surface area contributed by atoms with Gasteiger partial charge in [0.05, 0.1) is 0 Å². The van der Waals surface area contributed by atoms with Crippen molar-refractivity contribution in [2.45, 2.75) is 20.3 Å². The third-order valence-electron chi connectivity index (χ3n) is 2.02. The van der Waals surface area contributed by atoms with Crippen molar-refractivity contribution < 1.29 is 4.79 Å². The molecule has 0 spiro atoms. The molecule has 0 aliphatic heterocycles. The van der Waals surface area contributed by atoms with E-state index in [1.807, 2.05) is 19.9 Å². The number of carbonyl (C=O) groups is 1. The van der Waals surface area contributed by atoms with Gasteiger partial charge in [-0.2, -0.15) is 0 Å². The Labute approximate surface area is 91.1 Å². The maximum absolute atomic E-state index is 11.9. The SMILES string of the molecule is CC=C(CC)C(=O)c1c(Br)nnn1C. The molecule has 0 aromatic carbocycles. The molecule has 0 aliphatic carbocycles. The Morgan fingerprint density at radius 2 is 2.29 bits per heavy atom. The summed E-state index contributed by atoms with van der Waals surface area (Å²) < 4.78 is 1.98. The van der Waals surface area contributed by atoms with Gasteiger partial charge in [-0.05, 0) is 34.8 Å². The molecule has 0 bridgehead atoms. The molecular formula is C9H12BrN3O. The fourth-order valence-electron chi connectivity index (χ4n) is 1.22. The first kappa shape index (κ1) is 11.1. The molecule has 76 valence electrons. The topological polar surface area (TPSA) is 47.8 Å². The third kappa shape index (κ3) is 1.92. The van der Waals surface area contributed by atoms with Crippen molar-refractivity contribution in [1.82, 2.24) is 15.0 Å². The van der Waals surface area contributed by atoms with E-state index in [1.165, 1.54) is 4.68 Å². The van der Waals surface area contributed by atoms with Gasteiger partial charge < -0.3 is 0 Å². The molecule has 0 atom stereocenters. The largest absolute Gasteiger partial charge is 0.287 e. The average Bonchev–Trinajstić information content (AvgIpc) is 2.48. The van der Waals surface area contributed by atoms with E-state index in [9.17, 15) is 4.79 Å². The van der Waals surface area contributed by atoms with E-state index >= 15 is 0 Å². The van der Waals surface area contributed by atoms with Crippen molar-refractivity contribution in [3.05, 3.63) is 21.9 Å². The number of nitrogens with zero attached hydrogens (tertiary/aromatic N) is 3. The summed E-state index contributed by atoms with van der Waals surface area (Å²) in [4.78, 5) is 11.9. The molecule has 0 aliphatic rings. The standard InChI is InChI=1S/C9H12BrN3O/c1-4-6(5-2)8(14)7-9(10)11-12-13(7)3/h4H,5H2,1-3H3. The van der Waals surface area contributed by atoms with Crippen molar-refractivity contribution in [3.63, 3.8) is 0 Å². The van der Waals surface area contributed by atoms with Crippen LogP contribution in [0.4, 0.5) is 0 Å². The maximum Gasteiger partial charge on any atom is 0.209 e. The number of carbonyl (C=O) groups excluding carboxylic acids is 1. The van der Waals surface area contributed by atoms with Crippen molar-refractivity contribution in [2.75, 3.05) is 0 Å². The van der Waals surface area contributed by atoms with Crippen molar-refractivity contribution >= 4 is 21.7 Å². The number of allylic oxidation sites excluding steroid dienone is 2. The van der Waals surface area contributed by atoms with Crippen molar-refractivity contribution in [1.29, 1.82) is 0 Å². The minimum Gasteiger partial charge on any atom is -0.287 e. The summed E-state index contributed by atoms with van der Waals surface area (Å²) in [5, 5.41) is 7.53. The van der Waals surface area contributed by atoms with Crippen LogP contribution in [-0.2, 0) is 7.05 Å². The zero-order valence-electron chi connectivity index (χ0n) is 8.41. The lowest BCUT2D eigenvalue weighted by molar-refractivity contribution is 0.102. The van der Waals surface area contributed by atoms with Gasteiger partial charge in [0.2, 0.25) is 5.78 Å². The van der Waals surface area contributed by atoms with E-state index in [0.29, 0.717) is 16.7 Å². The molecule has 1 rings (SSSR count). The number of rotatable bonds is 3. The Bertz CT molecular complexity index is 362. The van der Waals surface area contributed by atoms with Crippen LogP contribution in [0.2, 0.25) is 0 Å². The summed E-state index contributed by atoms with van der Waals surface area (Å²) in [5.74, 6) is -0.0191. The van der Waals surface area contributed by atoms with Gasteiger partial charge in [-0.1, -0.05) is 18.2 Å². The van der Waals surface area contributed by atoms with E-state index in [1.54, 1.807) is 7.05 Å². The van der Waals surface area contributed by atoms with Crippen molar-refractivity contribution in [2.24, 2.45) is 7.05 Å². The quantitative estimate of drug-likeness (QED) is 0.616. The van der Waals surface area contributed by atoms with E-state index in [-0.39, 0.29) is 5.78 Å². The van der Waals surface area contributed by atoms with E-state index < -0.39 is 0 Å². The molecule has 0 amide bonds. The molecular weight excluding hydrogens is 246 g/mol. The number of hydrogen-bond acceptors (Lipinski definition) is 3. The summed E-state index contributed by atoms with van der Waals surface area (Å²) in [6.45, 7) is 3.80. The van der Waals surface area contributed by atoms with Gasteiger partial charge in [0.1, 0.15) is 5.69 Å². The second-order valence-corrected chi connectivity index (χ2v) is 3.60. The second-order valence-electron chi connectivity index (χ2n) is 2.85. The van der Waals surface area contributed by atoms with Crippen LogP contribution >= 0.6 is 15.9 Å². The van der Waals surface area contributed by atoms with Crippen LogP contribution in [-0.4, -0.2) is 20.8 Å². The van der Waals surface area contributed by atoms with Gasteiger partial charge in [0.25, 0.3) is 0 Å². The summed E-state index contributed by atoms with van der Waals surface area (Å²) in [6, 6.07) is 0. The van der Waals surface area contributed by atoms with Gasteiger partial charge in [0, 0.05) is 7.05 Å².